The molecule has 7 nitrogen and oxygen atoms in total. The number of rotatable bonds is 7. The molecule has 1 fully saturated rings. The normalized spacial score (nSPS) is 18.0. The van der Waals surface area contributed by atoms with Crippen LogP contribution in [0.25, 0.3) is 0 Å². The Bertz CT molecular complexity index is 998. The van der Waals surface area contributed by atoms with Crippen molar-refractivity contribution in [3.8, 4) is 5.75 Å². The Morgan fingerprint density at radius 3 is 2.38 bits per heavy atom. The van der Waals surface area contributed by atoms with Crippen LogP contribution in [0.15, 0.2) is 46.0 Å². The molecule has 1 aromatic heterocycles. The largest absolute Gasteiger partial charge is 0.497 e. The lowest BCUT2D eigenvalue weighted by atomic mass is 10.00. The molecular weight excluding hydrogens is 412 g/mol. The van der Waals surface area contributed by atoms with E-state index in [0.717, 1.165) is 16.2 Å². The predicted molar refractivity (Wildman–Crippen MR) is 112 cm³/mol. The van der Waals surface area contributed by atoms with Crippen LogP contribution in [0.1, 0.15) is 33.6 Å². The minimum Gasteiger partial charge on any atom is -0.497 e. The number of nitrogens with zero attached hydrogens (tertiary/aromatic N) is 2. The van der Waals surface area contributed by atoms with Crippen LogP contribution >= 0.6 is 11.3 Å². The number of anilines is 1. The lowest BCUT2D eigenvalue weighted by molar-refractivity contribution is -0.122. The van der Waals surface area contributed by atoms with Gasteiger partial charge in [0.1, 0.15) is 16.0 Å². The van der Waals surface area contributed by atoms with Gasteiger partial charge < -0.3 is 4.74 Å². The molecule has 1 atom stereocenters. The highest BCUT2D eigenvalue weighted by Gasteiger charge is 2.51. The van der Waals surface area contributed by atoms with Crippen LogP contribution in [0, 0.1) is 0 Å². The fourth-order valence-corrected chi connectivity index (χ4v) is 6.45. The fourth-order valence-electron chi connectivity index (χ4n) is 3.38. The Balaban J connectivity index is 2.03. The number of sulfonamides is 1. The van der Waals surface area contributed by atoms with Gasteiger partial charge in [0.25, 0.3) is 15.9 Å². The third-order valence-electron chi connectivity index (χ3n) is 5.21. The second-order valence-corrected chi connectivity index (χ2v) is 10.4. The van der Waals surface area contributed by atoms with E-state index >= 15 is 0 Å². The van der Waals surface area contributed by atoms with Crippen molar-refractivity contribution in [2.45, 2.75) is 49.4 Å². The van der Waals surface area contributed by atoms with Gasteiger partial charge in [-0.05, 0) is 56.0 Å². The zero-order valence-electron chi connectivity index (χ0n) is 16.8. The average Bonchev–Trinajstić information content (AvgIpc) is 3.31. The second kappa shape index (κ2) is 7.89. The van der Waals surface area contributed by atoms with E-state index < -0.39 is 33.4 Å². The fraction of sp³-hybridized carbons (Fsp3) is 0.400. The summed E-state index contributed by atoms with van der Waals surface area (Å²) in [6.07, 6.45) is 0.289. The molecule has 29 heavy (non-hydrogen) atoms. The third-order valence-corrected chi connectivity index (χ3v) is 8.70. The Morgan fingerprint density at radius 2 is 1.86 bits per heavy atom. The van der Waals surface area contributed by atoms with E-state index in [1.807, 2.05) is 6.92 Å². The van der Waals surface area contributed by atoms with Gasteiger partial charge in [-0.15, -0.1) is 11.3 Å². The molecule has 0 aliphatic carbocycles. The molecule has 1 aliphatic heterocycles. The third kappa shape index (κ3) is 3.82. The molecule has 156 valence electrons. The lowest BCUT2D eigenvalue weighted by Gasteiger charge is -2.39. The molecule has 1 unspecified atom stereocenters. The summed E-state index contributed by atoms with van der Waals surface area (Å²) in [6, 6.07) is 8.60. The predicted octanol–water partition coefficient (Wildman–Crippen LogP) is 3.27. The molecular formula is C20H24N2O5S2. The summed E-state index contributed by atoms with van der Waals surface area (Å²) < 4.78 is 33.3. The Hall–Kier alpha value is -2.23. The number of hydrogen-bond donors (Lipinski definition) is 0. The number of ether oxygens (including phenoxy) is 1. The molecule has 2 amide bonds. The number of hydrogen-bond acceptors (Lipinski definition) is 6. The van der Waals surface area contributed by atoms with Crippen LogP contribution in [-0.2, 0) is 19.6 Å². The maximum atomic E-state index is 13.4. The quantitative estimate of drug-likeness (QED) is 0.622. The topological polar surface area (TPSA) is 84.0 Å². The second-order valence-electron chi connectivity index (χ2n) is 7.38. The van der Waals surface area contributed by atoms with Crippen molar-refractivity contribution in [3.05, 3.63) is 41.8 Å². The summed E-state index contributed by atoms with van der Waals surface area (Å²) in [5, 5.41) is 1.68. The molecule has 9 heteroatoms. The first-order valence-electron chi connectivity index (χ1n) is 9.22. The Morgan fingerprint density at radius 1 is 1.21 bits per heavy atom. The number of carbonyl (C=O) groups excluding carboxylic acids is 2. The van der Waals surface area contributed by atoms with Gasteiger partial charge in [0.15, 0.2) is 0 Å². The van der Waals surface area contributed by atoms with Crippen molar-refractivity contribution in [1.82, 2.24) is 4.31 Å². The molecule has 1 aromatic carbocycles. The number of methoxy groups -OCH3 is 1. The number of imide groups is 1. The highest BCUT2D eigenvalue weighted by Crippen LogP contribution is 2.36. The Labute approximate surface area is 174 Å². The van der Waals surface area contributed by atoms with Gasteiger partial charge in [-0.3, -0.25) is 9.59 Å². The maximum absolute atomic E-state index is 13.4. The molecule has 0 bridgehead atoms. The van der Waals surface area contributed by atoms with Crippen LogP contribution < -0.4 is 9.64 Å². The van der Waals surface area contributed by atoms with Crippen molar-refractivity contribution >= 4 is 38.9 Å². The van der Waals surface area contributed by atoms with Crippen LogP contribution in [0.3, 0.4) is 0 Å². The standard InChI is InChI=1S/C20H24N2O5S2/c1-5-20(2,3)22(29(25,26)18-7-6-12-28-18)16-13-17(23)21(19(16)24)14-8-10-15(27-4)11-9-14/h6-12,16H,5,13H2,1-4H3. The van der Waals surface area contributed by atoms with Gasteiger partial charge in [-0.2, -0.15) is 4.31 Å². The maximum Gasteiger partial charge on any atom is 0.253 e. The monoisotopic (exact) mass is 436 g/mol. The summed E-state index contributed by atoms with van der Waals surface area (Å²) in [4.78, 5) is 27.1. The highest BCUT2D eigenvalue weighted by atomic mass is 32.2. The van der Waals surface area contributed by atoms with Crippen LogP contribution in [0.5, 0.6) is 5.75 Å². The molecule has 0 saturated carbocycles. The number of carbonyl (C=O) groups is 2. The lowest BCUT2D eigenvalue weighted by Crippen LogP contribution is -2.55. The smallest absolute Gasteiger partial charge is 0.253 e. The van der Waals surface area contributed by atoms with Crippen molar-refractivity contribution in [2.24, 2.45) is 0 Å². The van der Waals surface area contributed by atoms with Crippen molar-refractivity contribution in [3.63, 3.8) is 0 Å². The summed E-state index contributed by atoms with van der Waals surface area (Å²) in [7, 11) is -2.43. The minimum atomic E-state index is -3.95. The number of benzene rings is 1. The van der Waals surface area contributed by atoms with Gasteiger partial charge in [0.05, 0.1) is 19.2 Å². The van der Waals surface area contributed by atoms with E-state index in [2.05, 4.69) is 0 Å². The molecule has 2 heterocycles. The van der Waals surface area contributed by atoms with Crippen LogP contribution in [-0.4, -0.2) is 43.2 Å². The van der Waals surface area contributed by atoms with Gasteiger partial charge in [-0.1, -0.05) is 13.0 Å². The van der Waals surface area contributed by atoms with E-state index in [1.54, 1.807) is 49.6 Å². The van der Waals surface area contributed by atoms with Crippen LogP contribution in [0.4, 0.5) is 5.69 Å². The average molecular weight is 437 g/mol. The summed E-state index contributed by atoms with van der Waals surface area (Å²) in [5.41, 5.74) is -0.453. The first-order chi connectivity index (χ1) is 13.6. The molecule has 1 aliphatic rings. The highest BCUT2D eigenvalue weighted by molar-refractivity contribution is 7.91. The van der Waals surface area contributed by atoms with E-state index in [4.69, 9.17) is 4.74 Å². The number of thiophene rings is 1. The van der Waals surface area contributed by atoms with Crippen molar-refractivity contribution < 1.29 is 22.7 Å². The van der Waals surface area contributed by atoms with E-state index in [1.165, 1.54) is 17.5 Å². The Kier molecular flexibility index (Phi) is 5.84. The molecule has 0 N–H and O–H groups in total. The van der Waals surface area contributed by atoms with Crippen molar-refractivity contribution in [1.29, 1.82) is 0 Å². The van der Waals surface area contributed by atoms with E-state index in [-0.39, 0.29) is 10.6 Å². The molecule has 3 rings (SSSR count). The molecule has 1 saturated heterocycles. The molecule has 0 spiro atoms. The van der Waals surface area contributed by atoms with E-state index in [9.17, 15) is 18.0 Å². The van der Waals surface area contributed by atoms with Crippen molar-refractivity contribution in [2.75, 3.05) is 12.0 Å². The van der Waals surface area contributed by atoms with Gasteiger partial charge in [0.2, 0.25) is 5.91 Å². The zero-order valence-corrected chi connectivity index (χ0v) is 18.4. The van der Waals surface area contributed by atoms with Crippen LogP contribution in [0.2, 0.25) is 0 Å². The first kappa shape index (κ1) is 21.5. The summed E-state index contributed by atoms with van der Waals surface area (Å²) in [6.45, 7) is 5.40. The van der Waals surface area contributed by atoms with Gasteiger partial charge in [0, 0.05) is 5.54 Å². The SMILES string of the molecule is CCC(C)(C)N(C1CC(=O)N(c2ccc(OC)cc2)C1=O)S(=O)(=O)c1cccs1. The minimum absolute atomic E-state index is 0.155. The number of amides is 2. The zero-order chi connectivity index (χ0) is 21.4. The van der Waals surface area contributed by atoms with E-state index in [0.29, 0.717) is 17.9 Å². The first-order valence-corrected chi connectivity index (χ1v) is 11.5. The van der Waals surface area contributed by atoms with Gasteiger partial charge >= 0.3 is 0 Å². The van der Waals surface area contributed by atoms with Gasteiger partial charge in [-0.25, -0.2) is 13.3 Å². The molecule has 0 radical (unpaired) electrons. The molecule has 2 aromatic rings. The summed E-state index contributed by atoms with van der Waals surface area (Å²) in [5.74, 6) is -0.372. The summed E-state index contributed by atoms with van der Waals surface area (Å²) >= 11 is 1.09.